The molecule has 1 aliphatic carbocycles. The Morgan fingerprint density at radius 3 is 2.95 bits per heavy atom. The summed E-state index contributed by atoms with van der Waals surface area (Å²) in [5.41, 5.74) is 2.37. The summed E-state index contributed by atoms with van der Waals surface area (Å²) in [5, 5.41) is 0. The molecule has 0 radical (unpaired) electrons. The van der Waals surface area contributed by atoms with E-state index in [0.29, 0.717) is 13.1 Å². The number of ether oxygens (including phenoxy) is 1. The normalized spacial score (nSPS) is 25.9. The molecule has 2 aliphatic rings. The number of hydrogen-bond donors (Lipinski definition) is 0. The van der Waals surface area contributed by atoms with E-state index >= 15 is 0 Å². The molecule has 0 unspecified atom stereocenters. The molecule has 116 valence electrons. The lowest BCUT2D eigenvalue weighted by molar-refractivity contribution is 0.131. The molecule has 1 heterocycles. The predicted molar refractivity (Wildman–Crippen MR) is 87.0 cm³/mol. The van der Waals surface area contributed by atoms with Gasteiger partial charge in [0.25, 0.3) is 0 Å². The van der Waals surface area contributed by atoms with Crippen LogP contribution in [0.25, 0.3) is 0 Å². The first kappa shape index (κ1) is 14.8. The van der Waals surface area contributed by atoms with E-state index in [0.717, 1.165) is 25.8 Å². The second-order valence-electron chi connectivity index (χ2n) is 5.99. The summed E-state index contributed by atoms with van der Waals surface area (Å²) in [4.78, 5) is 18.4. The highest BCUT2D eigenvalue weighted by Crippen LogP contribution is 2.38. The topological polar surface area (TPSA) is 41.9 Å². The van der Waals surface area contributed by atoms with Gasteiger partial charge in [0.15, 0.2) is 0 Å². The molecule has 3 rings (SSSR count). The van der Waals surface area contributed by atoms with Crippen LogP contribution in [0.3, 0.4) is 0 Å². The molecule has 0 aromatic heterocycles. The maximum Gasteiger partial charge on any atom is 0.409 e. The number of hydrogen-bond acceptors (Lipinski definition) is 3. The molecule has 0 bridgehead atoms. The molecular weight excluding hydrogens is 276 g/mol. The van der Waals surface area contributed by atoms with Crippen LogP contribution in [0.15, 0.2) is 47.5 Å². The van der Waals surface area contributed by atoms with Crippen LogP contribution in [0.4, 0.5) is 4.79 Å². The highest BCUT2D eigenvalue weighted by atomic mass is 16.5. The van der Waals surface area contributed by atoms with E-state index < -0.39 is 0 Å². The SMILES string of the molecule is COC(=O)N1CC[C@]2(C=CCCC2=NCc2ccccc2)C1. The molecule has 4 nitrogen and oxygen atoms in total. The zero-order valence-electron chi connectivity index (χ0n) is 13.0. The monoisotopic (exact) mass is 298 g/mol. The quantitative estimate of drug-likeness (QED) is 0.785. The molecule has 1 aromatic carbocycles. The lowest BCUT2D eigenvalue weighted by Crippen LogP contribution is -2.37. The first-order valence-electron chi connectivity index (χ1n) is 7.82. The molecule has 1 saturated heterocycles. The van der Waals surface area contributed by atoms with Crippen molar-refractivity contribution in [3.8, 4) is 0 Å². The van der Waals surface area contributed by atoms with Crippen molar-refractivity contribution < 1.29 is 9.53 Å². The average molecular weight is 298 g/mol. The zero-order valence-corrected chi connectivity index (χ0v) is 13.0. The number of aliphatic imine (C=N–C) groups is 1. The Morgan fingerprint density at radius 2 is 2.18 bits per heavy atom. The van der Waals surface area contributed by atoms with E-state index in [2.05, 4.69) is 24.3 Å². The van der Waals surface area contributed by atoms with E-state index in [1.54, 1.807) is 4.90 Å². The van der Waals surface area contributed by atoms with Crippen LogP contribution in [0.2, 0.25) is 0 Å². The van der Waals surface area contributed by atoms with E-state index in [9.17, 15) is 4.79 Å². The number of amides is 1. The number of nitrogens with zero attached hydrogens (tertiary/aromatic N) is 2. The molecule has 1 spiro atoms. The van der Waals surface area contributed by atoms with Gasteiger partial charge in [-0.15, -0.1) is 0 Å². The first-order chi connectivity index (χ1) is 10.7. The van der Waals surface area contributed by atoms with Crippen LogP contribution in [0, 0.1) is 5.41 Å². The van der Waals surface area contributed by atoms with Crippen molar-refractivity contribution in [2.75, 3.05) is 20.2 Å². The molecular formula is C18H22N2O2. The number of carbonyl (C=O) groups is 1. The van der Waals surface area contributed by atoms with E-state index in [-0.39, 0.29) is 11.5 Å². The average Bonchev–Trinajstić information content (AvgIpc) is 2.99. The standard InChI is InChI=1S/C18H22N2O2/c1-22-17(21)20-12-11-18(14-20)10-6-5-9-16(18)19-13-15-7-3-2-4-8-15/h2-4,6-8,10H,5,9,11-14H2,1H3/t18-/m1/s1. The van der Waals surface area contributed by atoms with Crippen molar-refractivity contribution >= 4 is 11.8 Å². The second-order valence-corrected chi connectivity index (χ2v) is 5.99. The van der Waals surface area contributed by atoms with Gasteiger partial charge >= 0.3 is 6.09 Å². The van der Waals surface area contributed by atoms with E-state index in [1.165, 1.54) is 18.4 Å². The van der Waals surface area contributed by atoms with E-state index in [1.807, 2.05) is 18.2 Å². The van der Waals surface area contributed by atoms with Crippen molar-refractivity contribution in [2.24, 2.45) is 10.4 Å². The highest BCUT2D eigenvalue weighted by molar-refractivity contribution is 5.94. The first-order valence-corrected chi connectivity index (χ1v) is 7.82. The van der Waals surface area contributed by atoms with Gasteiger partial charge in [0.2, 0.25) is 0 Å². The Hall–Kier alpha value is -2.10. The van der Waals surface area contributed by atoms with Gasteiger partial charge in [-0.2, -0.15) is 0 Å². The molecule has 4 heteroatoms. The summed E-state index contributed by atoms with van der Waals surface area (Å²) in [6, 6.07) is 10.3. The molecule has 1 fully saturated rings. The maximum atomic E-state index is 11.8. The molecule has 1 aromatic rings. The van der Waals surface area contributed by atoms with Crippen molar-refractivity contribution in [1.29, 1.82) is 0 Å². The summed E-state index contributed by atoms with van der Waals surface area (Å²) >= 11 is 0. The summed E-state index contributed by atoms with van der Waals surface area (Å²) in [6.07, 6.45) is 7.20. The second kappa shape index (κ2) is 6.34. The van der Waals surface area contributed by atoms with Crippen LogP contribution in [-0.2, 0) is 11.3 Å². The summed E-state index contributed by atoms with van der Waals surface area (Å²) in [7, 11) is 1.44. The molecule has 0 N–H and O–H groups in total. The van der Waals surface area contributed by atoms with Gasteiger partial charge in [-0.25, -0.2) is 4.79 Å². The number of methoxy groups -OCH3 is 1. The van der Waals surface area contributed by atoms with Gasteiger partial charge in [-0.1, -0.05) is 42.5 Å². The van der Waals surface area contributed by atoms with Gasteiger partial charge in [-0.05, 0) is 24.8 Å². The highest BCUT2D eigenvalue weighted by Gasteiger charge is 2.43. The van der Waals surface area contributed by atoms with Crippen molar-refractivity contribution in [2.45, 2.75) is 25.8 Å². The van der Waals surface area contributed by atoms with Gasteiger partial charge in [0, 0.05) is 24.2 Å². The van der Waals surface area contributed by atoms with Crippen LogP contribution < -0.4 is 0 Å². The maximum absolute atomic E-state index is 11.8. The minimum absolute atomic E-state index is 0.0821. The fourth-order valence-corrected chi connectivity index (χ4v) is 3.37. The summed E-state index contributed by atoms with van der Waals surface area (Å²) < 4.78 is 4.86. The number of rotatable bonds is 2. The summed E-state index contributed by atoms with van der Waals surface area (Å²) in [6.45, 7) is 2.13. The minimum atomic E-state index is -0.238. The Balaban J connectivity index is 1.78. The Labute approximate surface area is 131 Å². The van der Waals surface area contributed by atoms with Crippen LogP contribution in [-0.4, -0.2) is 36.9 Å². The van der Waals surface area contributed by atoms with Crippen molar-refractivity contribution in [3.63, 3.8) is 0 Å². The number of likely N-dealkylation sites (tertiary alicyclic amines) is 1. The minimum Gasteiger partial charge on any atom is -0.453 e. The third-order valence-electron chi connectivity index (χ3n) is 4.59. The molecule has 1 atom stereocenters. The number of allylic oxidation sites excluding steroid dienone is 1. The molecule has 1 amide bonds. The predicted octanol–water partition coefficient (Wildman–Crippen LogP) is 3.44. The summed E-state index contributed by atoms with van der Waals surface area (Å²) in [5.74, 6) is 0. The van der Waals surface area contributed by atoms with Crippen molar-refractivity contribution in [3.05, 3.63) is 48.0 Å². The Morgan fingerprint density at radius 1 is 1.36 bits per heavy atom. The lowest BCUT2D eigenvalue weighted by atomic mass is 9.76. The van der Waals surface area contributed by atoms with Gasteiger partial charge < -0.3 is 9.64 Å². The smallest absolute Gasteiger partial charge is 0.409 e. The molecule has 0 saturated carbocycles. The van der Waals surface area contributed by atoms with Crippen LogP contribution in [0.1, 0.15) is 24.8 Å². The van der Waals surface area contributed by atoms with Gasteiger partial charge in [0.1, 0.15) is 0 Å². The Bertz CT molecular complexity index is 594. The molecule has 1 aliphatic heterocycles. The fraction of sp³-hybridized carbons (Fsp3) is 0.444. The van der Waals surface area contributed by atoms with Gasteiger partial charge in [-0.3, -0.25) is 4.99 Å². The molecule has 22 heavy (non-hydrogen) atoms. The third-order valence-corrected chi connectivity index (χ3v) is 4.59. The Kier molecular flexibility index (Phi) is 4.27. The fourth-order valence-electron chi connectivity index (χ4n) is 3.37. The lowest BCUT2D eigenvalue weighted by Gasteiger charge is -2.30. The van der Waals surface area contributed by atoms with Crippen molar-refractivity contribution in [1.82, 2.24) is 4.90 Å². The number of benzene rings is 1. The van der Waals surface area contributed by atoms with Crippen LogP contribution >= 0.6 is 0 Å². The third kappa shape index (κ3) is 2.91. The zero-order chi connectivity index (χ0) is 15.4. The van der Waals surface area contributed by atoms with E-state index in [4.69, 9.17) is 9.73 Å². The number of carbonyl (C=O) groups excluding carboxylic acids is 1. The van der Waals surface area contributed by atoms with Crippen LogP contribution in [0.5, 0.6) is 0 Å². The van der Waals surface area contributed by atoms with Gasteiger partial charge in [0.05, 0.1) is 13.7 Å². The largest absolute Gasteiger partial charge is 0.453 e.